The molecule has 8 heteroatoms. The van der Waals surface area contributed by atoms with Crippen molar-refractivity contribution in [2.45, 2.75) is 19.6 Å². The van der Waals surface area contributed by atoms with Gasteiger partial charge in [0.15, 0.2) is 0 Å². The molecule has 0 fully saturated rings. The van der Waals surface area contributed by atoms with E-state index >= 15 is 0 Å². The van der Waals surface area contributed by atoms with Crippen LogP contribution in [0.3, 0.4) is 0 Å². The first-order chi connectivity index (χ1) is 22.8. The number of fused-ring (bicyclic) bond motifs is 8. The molecular weight excluding hydrogens is 587 g/mol. The third-order valence-corrected chi connectivity index (χ3v) is 12.9. The zero-order valence-corrected chi connectivity index (χ0v) is 25.3. The monoisotopic (exact) mass is 612 g/mol. The van der Waals surface area contributed by atoms with Crippen molar-refractivity contribution in [2.24, 2.45) is 0 Å². The van der Waals surface area contributed by atoms with Crippen LogP contribution >= 0.6 is 10.0 Å². The number of benzene rings is 6. The summed E-state index contributed by atoms with van der Waals surface area (Å²) in [6, 6.07) is 54.3. The molecule has 0 aliphatic carbocycles. The van der Waals surface area contributed by atoms with E-state index in [9.17, 15) is 0 Å². The minimum Gasteiger partial charge on any atom is -0.426 e. The van der Waals surface area contributed by atoms with Gasteiger partial charge in [0.05, 0.1) is 27.5 Å². The molecule has 0 saturated heterocycles. The molecule has 2 aliphatic heterocycles. The van der Waals surface area contributed by atoms with Crippen LogP contribution in [0.4, 0.5) is 0 Å². The van der Waals surface area contributed by atoms with Crippen molar-refractivity contribution >= 4 is 44.5 Å². The van der Waals surface area contributed by atoms with Crippen LogP contribution in [-0.2, 0) is 0 Å². The Hall–Kier alpha value is -5.73. The van der Waals surface area contributed by atoms with Gasteiger partial charge in [-0.2, -0.15) is 9.97 Å². The highest BCUT2D eigenvalue weighted by Crippen LogP contribution is 2.74. The molecule has 0 unspecified atom stereocenters. The molecule has 0 amide bonds. The average molecular weight is 613 g/mol. The molecule has 0 saturated carbocycles. The number of aromatic nitrogens is 4. The molecule has 6 nitrogen and oxygen atoms in total. The lowest BCUT2D eigenvalue weighted by atomic mass is 9.64. The molecule has 218 valence electrons. The van der Waals surface area contributed by atoms with Crippen molar-refractivity contribution in [3.8, 4) is 23.5 Å². The summed E-state index contributed by atoms with van der Waals surface area (Å²) >= 11 is 0. The van der Waals surface area contributed by atoms with Gasteiger partial charge >= 0.3 is 6.98 Å². The molecule has 0 spiro atoms. The average Bonchev–Trinajstić information content (AvgIpc) is 3.68. The summed E-state index contributed by atoms with van der Waals surface area (Å²) in [6.45, 7) is -0.291. The third kappa shape index (κ3) is 3.44. The lowest BCUT2D eigenvalue weighted by Gasteiger charge is -2.43. The highest BCUT2D eigenvalue weighted by atomic mass is 32.3. The van der Waals surface area contributed by atoms with Gasteiger partial charge in [-0.3, -0.25) is 0 Å². The number of hydrogen-bond donors (Lipinski definition) is 0. The summed E-state index contributed by atoms with van der Waals surface area (Å²) in [5, 5.41) is 0. The number of imidazole rings is 2. The SMILES string of the molecule is c1ccc(S(c2ccccc2)(c2ccccc2)c2cc3c4c(c2)Oc2nc5ccccc5n2B4n2c(nc4ccccc42)O3)cc1. The van der Waals surface area contributed by atoms with Crippen LogP contribution in [-0.4, -0.2) is 25.9 Å². The Morgan fingerprint density at radius 3 is 1.28 bits per heavy atom. The van der Waals surface area contributed by atoms with Gasteiger partial charge < -0.3 is 18.4 Å². The molecule has 46 heavy (non-hydrogen) atoms. The highest BCUT2D eigenvalue weighted by Gasteiger charge is 2.46. The fourth-order valence-corrected chi connectivity index (χ4v) is 11.0. The van der Waals surface area contributed by atoms with Gasteiger partial charge in [0.2, 0.25) is 0 Å². The second-order valence-electron chi connectivity index (χ2n) is 11.5. The molecule has 10 rings (SSSR count). The predicted octanol–water partition coefficient (Wildman–Crippen LogP) is 8.73. The van der Waals surface area contributed by atoms with Crippen molar-refractivity contribution in [3.05, 3.63) is 152 Å². The third-order valence-electron chi connectivity index (χ3n) is 9.00. The maximum Gasteiger partial charge on any atom is 0.435 e. The van der Waals surface area contributed by atoms with E-state index in [1.54, 1.807) is 0 Å². The fraction of sp³-hybridized carbons (Fsp3) is 0. The van der Waals surface area contributed by atoms with E-state index in [2.05, 4.69) is 124 Å². The Balaban J connectivity index is 1.32. The summed E-state index contributed by atoms with van der Waals surface area (Å²) in [4.78, 5) is 14.7. The molecule has 0 bridgehead atoms. The lowest BCUT2D eigenvalue weighted by molar-refractivity contribution is 0.407. The van der Waals surface area contributed by atoms with Crippen LogP contribution in [0.25, 0.3) is 22.1 Å². The zero-order valence-electron chi connectivity index (χ0n) is 24.5. The summed E-state index contributed by atoms with van der Waals surface area (Å²) in [7, 11) is -1.99. The molecule has 0 N–H and O–H groups in total. The number of para-hydroxylation sites is 4. The first kappa shape index (κ1) is 25.6. The van der Waals surface area contributed by atoms with E-state index in [1.807, 2.05) is 36.4 Å². The summed E-state index contributed by atoms with van der Waals surface area (Å²) in [5.41, 5.74) is 4.69. The molecule has 0 atom stereocenters. The Morgan fingerprint density at radius 1 is 0.457 bits per heavy atom. The van der Waals surface area contributed by atoms with E-state index in [0.29, 0.717) is 12.0 Å². The van der Waals surface area contributed by atoms with Crippen LogP contribution in [0.15, 0.2) is 171 Å². The van der Waals surface area contributed by atoms with Crippen LogP contribution in [0.2, 0.25) is 0 Å². The Morgan fingerprint density at radius 2 is 0.848 bits per heavy atom. The topological polar surface area (TPSA) is 54.1 Å². The van der Waals surface area contributed by atoms with E-state index in [1.165, 1.54) is 14.7 Å². The van der Waals surface area contributed by atoms with E-state index in [4.69, 9.17) is 19.4 Å². The quantitative estimate of drug-likeness (QED) is 0.187. The van der Waals surface area contributed by atoms with Crippen molar-refractivity contribution in [1.29, 1.82) is 0 Å². The largest absolute Gasteiger partial charge is 0.435 e. The van der Waals surface area contributed by atoms with E-state index in [0.717, 1.165) is 43.9 Å². The molecule has 4 heterocycles. The van der Waals surface area contributed by atoms with Gasteiger partial charge in [0.25, 0.3) is 12.0 Å². The van der Waals surface area contributed by atoms with Crippen LogP contribution in [0.5, 0.6) is 23.5 Å². The van der Waals surface area contributed by atoms with Crippen molar-refractivity contribution in [2.75, 3.05) is 0 Å². The van der Waals surface area contributed by atoms with E-state index in [-0.39, 0.29) is 6.98 Å². The summed E-state index contributed by atoms with van der Waals surface area (Å²) in [5.74, 6) is 1.48. The van der Waals surface area contributed by atoms with Crippen molar-refractivity contribution in [3.63, 3.8) is 0 Å². The molecule has 8 aromatic rings. The Kier molecular flexibility index (Phi) is 5.36. The van der Waals surface area contributed by atoms with Gasteiger partial charge in [-0.05, 0) is 72.8 Å². The number of nitrogens with zero attached hydrogens (tertiary/aromatic N) is 4. The minimum atomic E-state index is -1.99. The number of hydrogen-bond acceptors (Lipinski definition) is 4. The molecule has 2 aromatic heterocycles. The van der Waals surface area contributed by atoms with Gasteiger partial charge in [-0.15, -0.1) is 10.0 Å². The van der Waals surface area contributed by atoms with Gasteiger partial charge in [0.1, 0.15) is 11.5 Å². The second kappa shape index (κ2) is 9.64. The number of ether oxygens (including phenoxy) is 2. The maximum atomic E-state index is 6.81. The maximum absolute atomic E-state index is 6.81. The molecule has 2 aliphatic rings. The minimum absolute atomic E-state index is 0.291. The summed E-state index contributed by atoms with van der Waals surface area (Å²) in [6.07, 6.45) is 0. The van der Waals surface area contributed by atoms with Crippen molar-refractivity contribution in [1.82, 2.24) is 18.9 Å². The molecule has 6 aromatic carbocycles. The Bertz CT molecular complexity index is 2240. The first-order valence-electron chi connectivity index (χ1n) is 15.3. The fourth-order valence-electron chi connectivity index (χ4n) is 7.10. The second-order valence-corrected chi connectivity index (χ2v) is 14.6. The van der Waals surface area contributed by atoms with Gasteiger partial charge in [-0.1, -0.05) is 78.9 Å². The first-order valence-corrected chi connectivity index (χ1v) is 16.9. The predicted molar refractivity (Wildman–Crippen MR) is 182 cm³/mol. The van der Waals surface area contributed by atoms with Crippen LogP contribution in [0.1, 0.15) is 0 Å². The Labute approximate surface area is 267 Å². The zero-order chi connectivity index (χ0) is 30.2. The highest BCUT2D eigenvalue weighted by molar-refractivity contribution is 8.34. The smallest absolute Gasteiger partial charge is 0.426 e. The molecule has 0 radical (unpaired) electrons. The number of rotatable bonds is 4. The van der Waals surface area contributed by atoms with Gasteiger partial charge in [0, 0.05) is 19.6 Å². The summed E-state index contributed by atoms with van der Waals surface area (Å²) < 4.78 is 18.0. The lowest BCUT2D eigenvalue weighted by Crippen LogP contribution is -2.50. The molecular formula is C38H25BN4O2S. The van der Waals surface area contributed by atoms with Crippen molar-refractivity contribution < 1.29 is 9.47 Å². The van der Waals surface area contributed by atoms with Crippen LogP contribution < -0.4 is 14.9 Å². The van der Waals surface area contributed by atoms with Gasteiger partial charge in [-0.25, -0.2) is 0 Å². The normalized spacial score (nSPS) is 13.4. The standard InChI is InChI=1S/C38H25BN4O2S/c1-4-14-26(15-5-1)46(27-16-6-2-7-17-27,28-18-8-3-9-19-28)29-24-34-36-35(25-29)45-38-41-31-21-11-13-23-33(31)43(38)39(36)42-32-22-12-10-20-30(32)40-37(42)44-34/h1-25H. The van der Waals surface area contributed by atoms with E-state index < -0.39 is 10.0 Å². The van der Waals surface area contributed by atoms with Crippen LogP contribution in [0, 0.1) is 0 Å².